The van der Waals surface area contributed by atoms with E-state index in [1.807, 2.05) is 0 Å². The number of carbonyl (C=O) groups excluding carboxylic acids is 1. The van der Waals surface area contributed by atoms with Gasteiger partial charge in [0.05, 0.1) is 4.91 Å². The summed E-state index contributed by atoms with van der Waals surface area (Å²) in [6.45, 7) is 0. The third-order valence-electron chi connectivity index (χ3n) is 1.40. The summed E-state index contributed by atoms with van der Waals surface area (Å²) in [5.74, 6) is -0.461. The molecular weight excluding hydrogens is 193 g/mol. The number of aldehydes is 1. The van der Waals surface area contributed by atoms with Crippen LogP contribution in [0.4, 0.5) is 13.2 Å². The Kier molecular flexibility index (Phi) is 2.36. The van der Waals surface area contributed by atoms with Crippen molar-refractivity contribution in [2.45, 2.75) is 17.8 Å². The molecule has 0 amide bonds. The molecule has 12 heavy (non-hydrogen) atoms. The summed E-state index contributed by atoms with van der Waals surface area (Å²) in [5, 5.41) is 7.18. The first kappa shape index (κ1) is 9.44. The standard InChI is InChI=1S/C6H5F3O2S/c7-6(8,9)5-1-3(11)4(2-10)12-5/h2,5,11H,1H2. The largest absolute Gasteiger partial charge is 0.511 e. The van der Waals surface area contributed by atoms with Crippen molar-refractivity contribution in [3.63, 3.8) is 0 Å². The summed E-state index contributed by atoms with van der Waals surface area (Å²) in [6, 6.07) is 0. The van der Waals surface area contributed by atoms with E-state index < -0.39 is 23.6 Å². The van der Waals surface area contributed by atoms with Crippen LogP contribution < -0.4 is 0 Å². The molecule has 0 fully saturated rings. The van der Waals surface area contributed by atoms with Crippen LogP contribution >= 0.6 is 11.8 Å². The molecule has 1 rings (SSSR count). The molecular formula is C6H5F3O2S. The molecule has 0 aromatic heterocycles. The van der Waals surface area contributed by atoms with Gasteiger partial charge in [-0.2, -0.15) is 13.2 Å². The van der Waals surface area contributed by atoms with Gasteiger partial charge in [0.25, 0.3) is 0 Å². The highest BCUT2D eigenvalue weighted by Gasteiger charge is 2.45. The predicted molar refractivity (Wildman–Crippen MR) is 37.8 cm³/mol. The van der Waals surface area contributed by atoms with Gasteiger partial charge in [-0.1, -0.05) is 0 Å². The van der Waals surface area contributed by atoms with Crippen molar-refractivity contribution in [1.29, 1.82) is 0 Å². The number of aliphatic hydroxyl groups is 1. The number of hydrogen-bond donors (Lipinski definition) is 1. The Morgan fingerprint density at radius 1 is 1.58 bits per heavy atom. The van der Waals surface area contributed by atoms with Crippen LogP contribution in [0.2, 0.25) is 0 Å². The zero-order valence-corrected chi connectivity index (χ0v) is 6.58. The smallest absolute Gasteiger partial charge is 0.401 e. The Hall–Kier alpha value is -0.650. The summed E-state index contributed by atoms with van der Waals surface area (Å²) in [5.41, 5.74) is 0. The van der Waals surface area contributed by atoms with Gasteiger partial charge in [0.15, 0.2) is 6.29 Å². The number of hydrogen-bond acceptors (Lipinski definition) is 3. The van der Waals surface area contributed by atoms with Crippen molar-refractivity contribution >= 4 is 18.0 Å². The molecule has 1 aliphatic rings. The first-order chi connectivity index (χ1) is 5.45. The molecule has 0 aromatic carbocycles. The second kappa shape index (κ2) is 3.01. The van der Waals surface area contributed by atoms with Gasteiger partial charge in [-0.05, 0) is 0 Å². The zero-order chi connectivity index (χ0) is 9.35. The highest BCUT2D eigenvalue weighted by Crippen LogP contribution is 2.43. The molecule has 0 aliphatic carbocycles. The molecule has 68 valence electrons. The molecule has 1 heterocycles. The molecule has 0 radical (unpaired) electrons. The van der Waals surface area contributed by atoms with E-state index in [-0.39, 0.29) is 11.2 Å². The molecule has 0 spiro atoms. The lowest BCUT2D eigenvalue weighted by Crippen LogP contribution is -2.23. The lowest BCUT2D eigenvalue weighted by atomic mass is 10.2. The van der Waals surface area contributed by atoms with Gasteiger partial charge in [0.2, 0.25) is 0 Å². The summed E-state index contributed by atoms with van der Waals surface area (Å²) in [4.78, 5) is 9.87. The monoisotopic (exact) mass is 198 g/mol. The van der Waals surface area contributed by atoms with Crippen LogP contribution in [0.15, 0.2) is 10.7 Å². The fraction of sp³-hybridized carbons (Fsp3) is 0.500. The Bertz CT molecular complexity index is 233. The summed E-state index contributed by atoms with van der Waals surface area (Å²) < 4.78 is 35.9. The Morgan fingerprint density at radius 2 is 2.17 bits per heavy atom. The third kappa shape index (κ3) is 1.74. The van der Waals surface area contributed by atoms with Gasteiger partial charge in [-0.25, -0.2) is 0 Å². The summed E-state index contributed by atoms with van der Waals surface area (Å²) >= 11 is 0.362. The molecule has 0 saturated heterocycles. The first-order valence-corrected chi connectivity index (χ1v) is 3.93. The van der Waals surface area contributed by atoms with E-state index >= 15 is 0 Å². The van der Waals surface area contributed by atoms with Crippen LogP contribution in [-0.4, -0.2) is 22.8 Å². The lowest BCUT2D eigenvalue weighted by Gasteiger charge is -2.12. The van der Waals surface area contributed by atoms with Crippen LogP contribution in [0.1, 0.15) is 6.42 Å². The average molecular weight is 198 g/mol. The predicted octanol–water partition coefficient (Wildman–Crippen LogP) is 2.02. The highest BCUT2D eigenvalue weighted by molar-refractivity contribution is 8.04. The fourth-order valence-electron chi connectivity index (χ4n) is 0.817. The van der Waals surface area contributed by atoms with E-state index in [9.17, 15) is 18.0 Å². The van der Waals surface area contributed by atoms with Gasteiger partial charge >= 0.3 is 6.18 Å². The van der Waals surface area contributed by atoms with Crippen LogP contribution in [0, 0.1) is 0 Å². The molecule has 1 unspecified atom stereocenters. The summed E-state index contributed by atoms with van der Waals surface area (Å²) in [7, 11) is 0. The molecule has 0 aromatic rings. The number of carbonyl (C=O) groups is 1. The minimum Gasteiger partial charge on any atom is -0.511 e. The van der Waals surface area contributed by atoms with Gasteiger partial charge in [-0.3, -0.25) is 4.79 Å². The van der Waals surface area contributed by atoms with Crippen molar-refractivity contribution < 1.29 is 23.1 Å². The Balaban J connectivity index is 2.69. The van der Waals surface area contributed by atoms with Gasteiger partial charge in [0.1, 0.15) is 11.0 Å². The van der Waals surface area contributed by atoms with Crippen molar-refractivity contribution in [2.75, 3.05) is 0 Å². The second-order valence-corrected chi connectivity index (χ2v) is 3.53. The topological polar surface area (TPSA) is 37.3 Å². The molecule has 1 aliphatic heterocycles. The van der Waals surface area contributed by atoms with Crippen molar-refractivity contribution in [1.82, 2.24) is 0 Å². The number of allylic oxidation sites excluding steroid dienone is 2. The van der Waals surface area contributed by atoms with E-state index in [1.54, 1.807) is 0 Å². The van der Waals surface area contributed by atoms with Gasteiger partial charge in [0, 0.05) is 6.42 Å². The fourth-order valence-corrected chi connectivity index (χ4v) is 1.77. The Labute approximate surface area is 70.4 Å². The maximum atomic E-state index is 12.0. The molecule has 1 atom stereocenters. The van der Waals surface area contributed by atoms with E-state index in [0.29, 0.717) is 11.8 Å². The minimum atomic E-state index is -4.36. The molecule has 0 saturated carbocycles. The zero-order valence-electron chi connectivity index (χ0n) is 5.76. The number of aliphatic hydroxyl groups excluding tert-OH is 1. The number of rotatable bonds is 1. The second-order valence-electron chi connectivity index (χ2n) is 2.28. The molecule has 1 N–H and O–H groups in total. The highest BCUT2D eigenvalue weighted by atomic mass is 32.2. The normalized spacial score (nSPS) is 24.8. The van der Waals surface area contributed by atoms with Crippen molar-refractivity contribution in [2.24, 2.45) is 0 Å². The van der Waals surface area contributed by atoms with Crippen LogP contribution in [0.3, 0.4) is 0 Å². The van der Waals surface area contributed by atoms with E-state index in [0.717, 1.165) is 0 Å². The SMILES string of the molecule is O=CC1=C(O)CC(C(F)(F)F)S1. The van der Waals surface area contributed by atoms with Gasteiger partial charge in [-0.15, -0.1) is 11.8 Å². The van der Waals surface area contributed by atoms with E-state index in [4.69, 9.17) is 5.11 Å². The maximum Gasteiger partial charge on any atom is 0.401 e. The maximum absolute atomic E-state index is 12.0. The van der Waals surface area contributed by atoms with Crippen molar-refractivity contribution in [3.8, 4) is 0 Å². The molecule has 2 nitrogen and oxygen atoms in total. The number of thioether (sulfide) groups is 1. The Morgan fingerprint density at radius 3 is 2.42 bits per heavy atom. The quantitative estimate of drug-likeness (QED) is 0.655. The third-order valence-corrected chi connectivity index (χ3v) is 2.71. The van der Waals surface area contributed by atoms with E-state index in [1.165, 1.54) is 0 Å². The van der Waals surface area contributed by atoms with Crippen molar-refractivity contribution in [3.05, 3.63) is 10.7 Å². The lowest BCUT2D eigenvalue weighted by molar-refractivity contribution is -0.128. The van der Waals surface area contributed by atoms with Gasteiger partial charge < -0.3 is 5.11 Å². The van der Waals surface area contributed by atoms with Crippen LogP contribution in [0.5, 0.6) is 0 Å². The van der Waals surface area contributed by atoms with Crippen LogP contribution in [-0.2, 0) is 4.79 Å². The van der Waals surface area contributed by atoms with E-state index in [2.05, 4.69) is 0 Å². The summed E-state index contributed by atoms with van der Waals surface area (Å²) in [6.07, 6.45) is -4.61. The number of alkyl halides is 3. The number of halogens is 3. The molecule has 0 bridgehead atoms. The van der Waals surface area contributed by atoms with Crippen LogP contribution in [0.25, 0.3) is 0 Å². The average Bonchev–Trinajstić information content (AvgIpc) is 2.29. The first-order valence-electron chi connectivity index (χ1n) is 3.06. The molecule has 6 heteroatoms. The minimum absolute atomic E-state index is 0.211.